The van der Waals surface area contributed by atoms with E-state index in [-0.39, 0.29) is 0 Å². The van der Waals surface area contributed by atoms with E-state index >= 15 is 0 Å². The lowest BCUT2D eigenvalue weighted by Crippen LogP contribution is -2.06. The molecular formula is C22H22N4O4. The van der Waals surface area contributed by atoms with Crippen LogP contribution in [0.5, 0.6) is 17.4 Å². The highest BCUT2D eigenvalue weighted by atomic mass is 17.2. The summed E-state index contributed by atoms with van der Waals surface area (Å²) in [5, 5.41) is 4.25. The van der Waals surface area contributed by atoms with Crippen LogP contribution in [0, 0.1) is 6.92 Å². The molecule has 0 bridgehead atoms. The number of aromatic amines is 1. The van der Waals surface area contributed by atoms with Crippen LogP contribution in [-0.2, 0) is 9.78 Å². The summed E-state index contributed by atoms with van der Waals surface area (Å²) in [6.45, 7) is 2.74. The van der Waals surface area contributed by atoms with Crippen LogP contribution in [0.1, 0.15) is 5.69 Å². The first-order valence-corrected chi connectivity index (χ1v) is 9.45. The Hall–Kier alpha value is -3.62. The molecule has 2 N–H and O–H groups in total. The first-order valence-electron chi connectivity index (χ1n) is 9.45. The van der Waals surface area contributed by atoms with Crippen molar-refractivity contribution in [2.24, 2.45) is 0 Å². The summed E-state index contributed by atoms with van der Waals surface area (Å²) in [4.78, 5) is 21.3. The number of nitrogens with zero attached hydrogens (tertiary/aromatic N) is 2. The van der Waals surface area contributed by atoms with E-state index in [9.17, 15) is 0 Å². The number of anilines is 2. The second kappa shape index (κ2) is 9.25. The molecule has 8 nitrogen and oxygen atoms in total. The molecule has 4 rings (SSSR count). The molecule has 0 saturated carbocycles. The average Bonchev–Trinajstić information content (AvgIpc) is 3.11. The lowest BCUT2D eigenvalue weighted by molar-refractivity contribution is -0.274. The van der Waals surface area contributed by atoms with Gasteiger partial charge in [-0.3, -0.25) is 0 Å². The minimum absolute atomic E-state index is 0.338. The van der Waals surface area contributed by atoms with E-state index in [1.54, 1.807) is 12.3 Å². The van der Waals surface area contributed by atoms with Gasteiger partial charge in [-0.2, -0.15) is 4.98 Å². The summed E-state index contributed by atoms with van der Waals surface area (Å²) in [5.41, 5.74) is 2.97. The Morgan fingerprint density at radius 3 is 2.83 bits per heavy atom. The van der Waals surface area contributed by atoms with E-state index in [4.69, 9.17) is 14.4 Å². The van der Waals surface area contributed by atoms with E-state index in [1.807, 2.05) is 49.4 Å². The monoisotopic (exact) mass is 406 g/mol. The predicted molar refractivity (Wildman–Crippen MR) is 113 cm³/mol. The molecule has 4 aromatic rings. The summed E-state index contributed by atoms with van der Waals surface area (Å²) >= 11 is 0. The van der Waals surface area contributed by atoms with Crippen LogP contribution in [0.2, 0.25) is 0 Å². The third-order valence-corrected chi connectivity index (χ3v) is 4.22. The molecule has 30 heavy (non-hydrogen) atoms. The maximum Gasteiger partial charge on any atom is 0.230 e. The van der Waals surface area contributed by atoms with Crippen LogP contribution < -0.4 is 14.8 Å². The Morgan fingerprint density at radius 2 is 1.93 bits per heavy atom. The summed E-state index contributed by atoms with van der Waals surface area (Å²) in [5.74, 6) is 2.27. The Kier molecular flexibility index (Phi) is 6.07. The summed E-state index contributed by atoms with van der Waals surface area (Å²) in [7, 11) is 1.46. The molecular weight excluding hydrogens is 384 g/mol. The van der Waals surface area contributed by atoms with Crippen molar-refractivity contribution in [1.82, 2.24) is 15.0 Å². The number of benzene rings is 2. The topological polar surface area (TPSA) is 90.5 Å². The molecule has 0 aliphatic carbocycles. The van der Waals surface area contributed by atoms with E-state index in [0.29, 0.717) is 36.5 Å². The van der Waals surface area contributed by atoms with Gasteiger partial charge >= 0.3 is 0 Å². The quantitative estimate of drug-likeness (QED) is 0.235. The van der Waals surface area contributed by atoms with Gasteiger partial charge in [-0.1, -0.05) is 6.07 Å². The van der Waals surface area contributed by atoms with Crippen molar-refractivity contribution >= 4 is 22.5 Å². The van der Waals surface area contributed by atoms with Gasteiger partial charge in [0.15, 0.2) is 0 Å². The summed E-state index contributed by atoms with van der Waals surface area (Å²) in [6, 6.07) is 17.1. The van der Waals surface area contributed by atoms with Gasteiger partial charge in [0.2, 0.25) is 11.8 Å². The number of ether oxygens (including phenoxy) is 2. The standard InChI is InChI=1S/C22H22N4O4/c1-15-12-16-13-19(6-7-20(16)24-15)30-21-8-9-23-22(26-21)25-17-4-3-5-18(14-17)28-10-11-29-27-2/h3-9,12-14,24H,10-11H2,1-2H3,(H,23,25,26). The van der Waals surface area contributed by atoms with E-state index in [1.165, 1.54) is 7.11 Å². The minimum Gasteiger partial charge on any atom is -0.491 e. The normalized spacial score (nSPS) is 10.9. The van der Waals surface area contributed by atoms with Gasteiger partial charge in [-0.15, -0.1) is 0 Å². The molecule has 2 aromatic heterocycles. The largest absolute Gasteiger partial charge is 0.491 e. The third-order valence-electron chi connectivity index (χ3n) is 4.22. The fraction of sp³-hybridized carbons (Fsp3) is 0.182. The molecule has 2 heterocycles. The molecule has 0 atom stereocenters. The van der Waals surface area contributed by atoms with Crippen LogP contribution in [0.25, 0.3) is 10.9 Å². The fourth-order valence-corrected chi connectivity index (χ4v) is 2.97. The summed E-state index contributed by atoms with van der Waals surface area (Å²) < 4.78 is 11.5. The van der Waals surface area contributed by atoms with Gasteiger partial charge in [0.25, 0.3) is 0 Å². The van der Waals surface area contributed by atoms with Gasteiger partial charge < -0.3 is 19.8 Å². The van der Waals surface area contributed by atoms with Gasteiger partial charge in [-0.05, 0) is 43.3 Å². The number of hydrogen-bond acceptors (Lipinski definition) is 7. The molecule has 8 heteroatoms. The molecule has 0 aliphatic rings. The number of hydrogen-bond donors (Lipinski definition) is 2. The zero-order valence-corrected chi connectivity index (χ0v) is 16.7. The molecule has 0 fully saturated rings. The molecule has 0 spiro atoms. The number of aromatic nitrogens is 3. The van der Waals surface area contributed by atoms with Crippen LogP contribution in [-0.4, -0.2) is 35.3 Å². The Balaban J connectivity index is 1.43. The lowest BCUT2D eigenvalue weighted by Gasteiger charge is -2.10. The zero-order valence-electron chi connectivity index (χ0n) is 16.7. The van der Waals surface area contributed by atoms with Crippen molar-refractivity contribution in [2.75, 3.05) is 25.6 Å². The van der Waals surface area contributed by atoms with Crippen LogP contribution in [0.3, 0.4) is 0 Å². The van der Waals surface area contributed by atoms with Crippen molar-refractivity contribution in [1.29, 1.82) is 0 Å². The van der Waals surface area contributed by atoms with Crippen LogP contribution in [0.15, 0.2) is 60.8 Å². The summed E-state index contributed by atoms with van der Waals surface area (Å²) in [6.07, 6.45) is 1.64. The molecule has 154 valence electrons. The molecule has 2 aromatic carbocycles. The fourth-order valence-electron chi connectivity index (χ4n) is 2.97. The van der Waals surface area contributed by atoms with Gasteiger partial charge in [0.05, 0.1) is 7.11 Å². The SMILES string of the molecule is COOCCOc1cccc(Nc2nccc(Oc3ccc4[nH]c(C)cc4c3)n2)c1. The molecule has 0 unspecified atom stereocenters. The lowest BCUT2D eigenvalue weighted by atomic mass is 10.2. The number of nitrogens with one attached hydrogen (secondary N) is 2. The smallest absolute Gasteiger partial charge is 0.230 e. The first kappa shape index (κ1) is 19.7. The number of fused-ring (bicyclic) bond motifs is 1. The van der Waals surface area contributed by atoms with E-state index in [0.717, 1.165) is 22.3 Å². The Bertz CT molecular complexity index is 1130. The molecule has 0 radical (unpaired) electrons. The van der Waals surface area contributed by atoms with E-state index < -0.39 is 0 Å². The predicted octanol–water partition coefficient (Wildman–Crippen LogP) is 4.76. The van der Waals surface area contributed by atoms with Crippen molar-refractivity contribution in [3.8, 4) is 17.4 Å². The van der Waals surface area contributed by atoms with Crippen molar-refractivity contribution in [2.45, 2.75) is 6.92 Å². The van der Waals surface area contributed by atoms with Crippen LogP contribution in [0.4, 0.5) is 11.6 Å². The maximum atomic E-state index is 5.92. The number of H-pyrrole nitrogens is 1. The van der Waals surface area contributed by atoms with E-state index in [2.05, 4.69) is 31.2 Å². The van der Waals surface area contributed by atoms with Crippen molar-refractivity contribution in [3.63, 3.8) is 0 Å². The first-order chi connectivity index (χ1) is 14.7. The van der Waals surface area contributed by atoms with Crippen molar-refractivity contribution < 1.29 is 19.2 Å². The van der Waals surface area contributed by atoms with Gasteiger partial charge in [0, 0.05) is 40.6 Å². The zero-order chi connectivity index (χ0) is 20.8. The second-order valence-electron chi connectivity index (χ2n) is 6.51. The number of rotatable bonds is 9. The highest BCUT2D eigenvalue weighted by molar-refractivity contribution is 5.81. The van der Waals surface area contributed by atoms with Gasteiger partial charge in [-0.25, -0.2) is 14.8 Å². The Labute approximate surface area is 173 Å². The molecule has 0 aliphatic heterocycles. The van der Waals surface area contributed by atoms with Crippen molar-refractivity contribution in [3.05, 3.63) is 66.5 Å². The highest BCUT2D eigenvalue weighted by Crippen LogP contribution is 2.26. The third kappa shape index (κ3) is 5.05. The minimum atomic E-state index is 0.338. The maximum absolute atomic E-state index is 5.92. The van der Waals surface area contributed by atoms with Crippen LogP contribution >= 0.6 is 0 Å². The highest BCUT2D eigenvalue weighted by Gasteiger charge is 2.06. The second-order valence-corrected chi connectivity index (χ2v) is 6.51. The average molecular weight is 406 g/mol. The van der Waals surface area contributed by atoms with Gasteiger partial charge in [0.1, 0.15) is 24.7 Å². The molecule has 0 saturated heterocycles. The number of aryl methyl sites for hydroxylation is 1. The Morgan fingerprint density at radius 1 is 1.00 bits per heavy atom. The molecule has 0 amide bonds.